The maximum atomic E-state index is 6.13. The summed E-state index contributed by atoms with van der Waals surface area (Å²) < 4.78 is 3.84. The van der Waals surface area contributed by atoms with Gasteiger partial charge < -0.3 is 10.2 Å². The van der Waals surface area contributed by atoms with Gasteiger partial charge in [0.25, 0.3) is 0 Å². The van der Waals surface area contributed by atoms with Gasteiger partial charge in [-0.2, -0.15) is 10.2 Å². The molecule has 29 heavy (non-hydrogen) atoms. The maximum Gasteiger partial charge on any atom is 0.173 e. The second-order valence-corrected chi connectivity index (χ2v) is 8.10. The van der Waals surface area contributed by atoms with Crippen LogP contribution >= 0.6 is 35.4 Å². The van der Waals surface area contributed by atoms with Crippen LogP contribution in [0.15, 0.2) is 30.5 Å². The Labute approximate surface area is 186 Å². The Morgan fingerprint density at radius 3 is 2.59 bits per heavy atom. The van der Waals surface area contributed by atoms with Crippen molar-refractivity contribution < 1.29 is 0 Å². The predicted molar refractivity (Wildman–Crippen MR) is 123 cm³/mol. The van der Waals surface area contributed by atoms with Gasteiger partial charge >= 0.3 is 0 Å². The van der Waals surface area contributed by atoms with Crippen molar-refractivity contribution in [2.24, 2.45) is 0 Å². The first kappa shape index (κ1) is 21.6. The van der Waals surface area contributed by atoms with E-state index >= 15 is 0 Å². The number of rotatable bonds is 6. The number of nitrogens with zero attached hydrogens (tertiary/aromatic N) is 5. The van der Waals surface area contributed by atoms with Gasteiger partial charge in [-0.25, -0.2) is 0 Å². The van der Waals surface area contributed by atoms with Crippen molar-refractivity contribution in [1.82, 2.24) is 24.5 Å². The fourth-order valence-corrected chi connectivity index (χ4v) is 3.51. The number of halogens is 2. The van der Waals surface area contributed by atoms with Crippen molar-refractivity contribution in [3.8, 4) is 0 Å². The van der Waals surface area contributed by atoms with E-state index in [-0.39, 0.29) is 0 Å². The fourth-order valence-electron chi connectivity index (χ4n) is 3.02. The molecule has 0 aliphatic carbocycles. The largest absolute Gasteiger partial charge is 0.346 e. The number of benzene rings is 1. The summed E-state index contributed by atoms with van der Waals surface area (Å²) in [6, 6.07) is 7.62. The lowest BCUT2D eigenvalue weighted by molar-refractivity contribution is 0.492. The van der Waals surface area contributed by atoms with Gasteiger partial charge in [-0.15, -0.1) is 0 Å². The lowest BCUT2D eigenvalue weighted by Gasteiger charge is -2.20. The molecule has 0 bridgehead atoms. The Morgan fingerprint density at radius 1 is 1.17 bits per heavy atom. The van der Waals surface area contributed by atoms with Crippen LogP contribution in [-0.4, -0.2) is 36.6 Å². The van der Waals surface area contributed by atoms with Crippen LogP contribution in [0.4, 0.5) is 5.69 Å². The number of hydrogen-bond donors (Lipinski definition) is 1. The Bertz CT molecular complexity index is 1030. The molecular formula is C20H24Cl2N6S. The van der Waals surface area contributed by atoms with Crippen LogP contribution in [0.25, 0.3) is 0 Å². The molecule has 0 aliphatic heterocycles. The highest BCUT2D eigenvalue weighted by Crippen LogP contribution is 2.25. The topological polar surface area (TPSA) is 50.9 Å². The zero-order valence-corrected chi connectivity index (χ0v) is 19.2. The van der Waals surface area contributed by atoms with Crippen LogP contribution in [0.1, 0.15) is 29.6 Å². The average molecular weight is 451 g/mol. The Hall–Kier alpha value is -2.09. The molecule has 154 valence electrons. The molecule has 3 aromatic rings. The molecule has 1 N–H and O–H groups in total. The molecule has 6 nitrogen and oxygen atoms in total. The monoisotopic (exact) mass is 450 g/mol. The third-order valence-corrected chi connectivity index (χ3v) is 5.85. The van der Waals surface area contributed by atoms with E-state index in [1.807, 2.05) is 59.6 Å². The molecule has 0 saturated carbocycles. The predicted octanol–water partition coefficient (Wildman–Crippen LogP) is 4.90. The zero-order valence-electron chi connectivity index (χ0n) is 16.9. The van der Waals surface area contributed by atoms with Crippen molar-refractivity contribution in [1.29, 1.82) is 0 Å². The number of aryl methyl sites for hydroxylation is 2. The van der Waals surface area contributed by atoms with Crippen LogP contribution in [-0.2, 0) is 19.6 Å². The minimum atomic E-state index is 0.539. The summed E-state index contributed by atoms with van der Waals surface area (Å²) in [5.41, 5.74) is 4.80. The first-order chi connectivity index (χ1) is 13.8. The van der Waals surface area contributed by atoms with Gasteiger partial charge in [-0.05, 0) is 56.8 Å². The fraction of sp³-hybridized carbons (Fsp3) is 0.350. The lowest BCUT2D eigenvalue weighted by Crippen LogP contribution is -2.31. The van der Waals surface area contributed by atoms with Crippen LogP contribution < -0.4 is 5.32 Å². The molecule has 2 aromatic heterocycles. The maximum absolute atomic E-state index is 6.13. The lowest BCUT2D eigenvalue weighted by atomic mass is 10.2. The molecule has 0 amide bonds. The van der Waals surface area contributed by atoms with Gasteiger partial charge in [-0.3, -0.25) is 9.36 Å². The number of nitrogens with one attached hydrogen (secondary N) is 1. The first-order valence-corrected chi connectivity index (χ1v) is 10.5. The van der Waals surface area contributed by atoms with Crippen molar-refractivity contribution >= 4 is 46.2 Å². The third kappa shape index (κ3) is 5.10. The second-order valence-electron chi connectivity index (χ2n) is 6.90. The molecule has 0 atom stereocenters. The van der Waals surface area contributed by atoms with E-state index in [1.165, 1.54) is 0 Å². The highest BCUT2D eigenvalue weighted by molar-refractivity contribution is 7.80. The highest BCUT2D eigenvalue weighted by Gasteiger charge is 2.15. The van der Waals surface area contributed by atoms with Gasteiger partial charge in [0.15, 0.2) is 5.11 Å². The van der Waals surface area contributed by atoms with Crippen LogP contribution in [0.2, 0.25) is 10.0 Å². The van der Waals surface area contributed by atoms with Gasteiger partial charge in [0.2, 0.25) is 0 Å². The number of aromatic nitrogens is 4. The summed E-state index contributed by atoms with van der Waals surface area (Å²) in [4.78, 5) is 1.97. The molecule has 2 heterocycles. The Balaban J connectivity index is 1.70. The molecule has 0 spiro atoms. The standard InChI is InChI=1S/C20H24Cl2N6S/c1-5-27-9-8-16(25-27)12-26(4)20(29)23-19-13(2)24-28(14(19)3)11-15-6-7-17(21)18(22)10-15/h6-10H,5,11-12H2,1-4H3,(H,23,29). The summed E-state index contributed by atoms with van der Waals surface area (Å²) in [7, 11) is 1.95. The van der Waals surface area contributed by atoms with E-state index in [1.54, 1.807) is 6.07 Å². The van der Waals surface area contributed by atoms with Gasteiger partial charge in [0, 0.05) is 19.8 Å². The molecular weight excluding hydrogens is 427 g/mol. The Morgan fingerprint density at radius 2 is 1.93 bits per heavy atom. The summed E-state index contributed by atoms with van der Waals surface area (Å²) in [6.07, 6.45) is 1.97. The summed E-state index contributed by atoms with van der Waals surface area (Å²) in [5, 5.41) is 14.2. The number of thiocarbonyl (C=S) groups is 1. The van der Waals surface area contributed by atoms with Crippen LogP contribution in [0.5, 0.6) is 0 Å². The van der Waals surface area contributed by atoms with E-state index in [4.69, 9.17) is 35.4 Å². The van der Waals surface area contributed by atoms with E-state index in [0.717, 1.165) is 34.9 Å². The van der Waals surface area contributed by atoms with Crippen molar-refractivity contribution in [2.45, 2.75) is 40.4 Å². The van der Waals surface area contributed by atoms with E-state index in [0.29, 0.717) is 28.2 Å². The summed E-state index contributed by atoms with van der Waals surface area (Å²) in [6.45, 7) is 8.13. The number of anilines is 1. The quantitative estimate of drug-likeness (QED) is 0.541. The van der Waals surface area contributed by atoms with Crippen LogP contribution in [0.3, 0.4) is 0 Å². The minimum absolute atomic E-state index is 0.539. The van der Waals surface area contributed by atoms with Gasteiger partial charge in [0.05, 0.1) is 45.9 Å². The third-order valence-electron chi connectivity index (χ3n) is 4.70. The second kappa shape index (κ2) is 9.15. The molecule has 0 aliphatic rings. The molecule has 9 heteroatoms. The molecule has 1 aromatic carbocycles. The summed E-state index contributed by atoms with van der Waals surface area (Å²) >= 11 is 17.7. The molecule has 0 radical (unpaired) electrons. The van der Waals surface area contributed by atoms with E-state index < -0.39 is 0 Å². The first-order valence-electron chi connectivity index (χ1n) is 9.30. The SMILES string of the molecule is CCn1ccc(CN(C)C(=S)Nc2c(C)nn(Cc3ccc(Cl)c(Cl)c3)c2C)n1. The van der Waals surface area contributed by atoms with Gasteiger partial charge in [0.1, 0.15) is 0 Å². The smallest absolute Gasteiger partial charge is 0.173 e. The Kier molecular flexibility index (Phi) is 6.82. The van der Waals surface area contributed by atoms with E-state index in [2.05, 4.69) is 22.4 Å². The van der Waals surface area contributed by atoms with E-state index in [9.17, 15) is 0 Å². The van der Waals surface area contributed by atoms with Crippen molar-refractivity contribution in [3.63, 3.8) is 0 Å². The minimum Gasteiger partial charge on any atom is -0.346 e. The van der Waals surface area contributed by atoms with Gasteiger partial charge in [-0.1, -0.05) is 29.3 Å². The molecule has 0 fully saturated rings. The zero-order chi connectivity index (χ0) is 21.1. The van der Waals surface area contributed by atoms with Crippen molar-refractivity contribution in [3.05, 3.63) is 63.2 Å². The number of hydrogen-bond acceptors (Lipinski definition) is 3. The molecule has 0 saturated heterocycles. The normalized spacial score (nSPS) is 11.0. The summed E-state index contributed by atoms with van der Waals surface area (Å²) in [5.74, 6) is 0. The van der Waals surface area contributed by atoms with Crippen LogP contribution in [0, 0.1) is 13.8 Å². The molecule has 3 rings (SSSR count). The molecule has 0 unspecified atom stereocenters. The average Bonchev–Trinajstić information content (AvgIpc) is 3.24. The highest BCUT2D eigenvalue weighted by atomic mass is 35.5. The van der Waals surface area contributed by atoms with Crippen molar-refractivity contribution in [2.75, 3.05) is 12.4 Å².